The van der Waals surface area contributed by atoms with Crippen LogP contribution in [-0.4, -0.2) is 101 Å². The smallest absolute Gasteiger partial charge is 0.410 e. The van der Waals surface area contributed by atoms with Gasteiger partial charge >= 0.3 is 12.2 Å². The molecule has 0 spiro atoms. The molecule has 0 bridgehead atoms. The normalized spacial score (nSPS) is 15.9. The van der Waals surface area contributed by atoms with Crippen LogP contribution in [0.4, 0.5) is 30.0 Å². The Labute approximate surface area is 411 Å². The highest BCUT2D eigenvalue weighted by Gasteiger charge is 2.27. The monoisotopic (exact) mass is 988 g/mol. The van der Waals surface area contributed by atoms with E-state index in [1.54, 1.807) is 64.9 Å². The Balaban J connectivity index is 0.000000174. The zero-order chi connectivity index (χ0) is 48.7. The maximum Gasteiger partial charge on any atom is 0.415 e. The first-order chi connectivity index (χ1) is 33.9. The number of anilines is 2. The minimum Gasteiger partial charge on any atom is -0.410 e. The van der Waals surface area contributed by atoms with E-state index in [1.165, 1.54) is 0 Å². The molecule has 2 atom stereocenters. The second-order valence-electron chi connectivity index (χ2n) is 17.3. The molecular formula is C50H48Cl2F2N12O4. The number of H-pyrrole nitrogens is 2. The van der Waals surface area contributed by atoms with Crippen LogP contribution < -0.4 is 20.1 Å². The van der Waals surface area contributed by atoms with Crippen molar-refractivity contribution in [3.05, 3.63) is 131 Å². The second kappa shape index (κ2) is 21.5. The van der Waals surface area contributed by atoms with Crippen molar-refractivity contribution in [3.63, 3.8) is 0 Å². The SMILES string of the molecule is Cc1ccc(OC(=O)N2CCCC(CNc3nc(-c4c[nH]c5ncc(Cl)cc45)ncc3F)C2)cc1.Cc1cccc(OC(=O)N2CCCC(CNc3nc(-c4c[nH]c5ncc(Cl)cc45)ncc3F)C2)c1. The quantitative estimate of drug-likeness (QED) is 0.102. The van der Waals surface area contributed by atoms with Crippen LogP contribution in [0, 0.1) is 37.3 Å². The van der Waals surface area contributed by atoms with Crippen LogP contribution >= 0.6 is 23.2 Å². The van der Waals surface area contributed by atoms with Gasteiger partial charge in [-0.1, -0.05) is 53.0 Å². The Hall–Kier alpha value is -7.44. The summed E-state index contributed by atoms with van der Waals surface area (Å²) in [7, 11) is 0. The summed E-state index contributed by atoms with van der Waals surface area (Å²) < 4.78 is 40.1. The Morgan fingerprint density at radius 1 is 0.657 bits per heavy atom. The molecule has 2 fully saturated rings. The molecule has 10 rings (SSSR count). The molecule has 2 aliphatic heterocycles. The summed E-state index contributed by atoms with van der Waals surface area (Å²) in [6.45, 7) is 7.14. The van der Waals surface area contributed by atoms with Gasteiger partial charge in [0.05, 0.1) is 22.4 Å². The maximum atomic E-state index is 14.5. The zero-order valence-electron chi connectivity index (χ0n) is 38.2. The highest BCUT2D eigenvalue weighted by Crippen LogP contribution is 2.31. The van der Waals surface area contributed by atoms with E-state index in [9.17, 15) is 18.4 Å². The summed E-state index contributed by atoms with van der Waals surface area (Å²) in [5.41, 5.74) is 4.77. The molecule has 8 aromatic rings. The molecule has 2 aliphatic rings. The van der Waals surface area contributed by atoms with Crippen LogP contribution in [0.15, 0.2) is 97.8 Å². The van der Waals surface area contributed by atoms with Crippen molar-refractivity contribution >= 4 is 69.1 Å². The van der Waals surface area contributed by atoms with Gasteiger partial charge in [-0.15, -0.1) is 0 Å². The zero-order valence-corrected chi connectivity index (χ0v) is 39.7. The summed E-state index contributed by atoms with van der Waals surface area (Å²) in [5, 5.41) is 8.69. The summed E-state index contributed by atoms with van der Waals surface area (Å²) in [6, 6.07) is 18.3. The third-order valence-corrected chi connectivity index (χ3v) is 12.5. The van der Waals surface area contributed by atoms with E-state index in [1.807, 2.05) is 44.2 Å². The van der Waals surface area contributed by atoms with E-state index < -0.39 is 11.6 Å². The fraction of sp³-hybridized carbons (Fsp3) is 0.280. The summed E-state index contributed by atoms with van der Waals surface area (Å²) in [5.74, 6) is 1.15. The van der Waals surface area contributed by atoms with Gasteiger partial charge in [-0.25, -0.2) is 48.3 Å². The summed E-state index contributed by atoms with van der Waals surface area (Å²) >= 11 is 12.2. The lowest BCUT2D eigenvalue weighted by molar-refractivity contribution is 0.128. The van der Waals surface area contributed by atoms with Gasteiger partial charge in [0.2, 0.25) is 0 Å². The van der Waals surface area contributed by atoms with Gasteiger partial charge < -0.3 is 39.9 Å². The average molecular weight is 990 g/mol. The van der Waals surface area contributed by atoms with Gasteiger partial charge in [-0.05, 0) is 93.3 Å². The average Bonchev–Trinajstić information content (AvgIpc) is 3.98. The van der Waals surface area contributed by atoms with E-state index in [-0.39, 0.29) is 35.7 Å². The van der Waals surface area contributed by atoms with Crippen molar-refractivity contribution in [2.45, 2.75) is 39.5 Å². The minimum atomic E-state index is -0.545. The molecule has 2 amide bonds. The van der Waals surface area contributed by atoms with Crippen molar-refractivity contribution in [2.75, 3.05) is 49.9 Å². The molecule has 360 valence electrons. The predicted octanol–water partition coefficient (Wildman–Crippen LogP) is 10.9. The van der Waals surface area contributed by atoms with Gasteiger partial charge in [0.1, 0.15) is 22.8 Å². The number of nitrogens with one attached hydrogen (secondary N) is 4. The van der Waals surface area contributed by atoms with Crippen LogP contribution in [-0.2, 0) is 0 Å². The fourth-order valence-corrected chi connectivity index (χ4v) is 8.78. The Morgan fingerprint density at radius 2 is 1.16 bits per heavy atom. The van der Waals surface area contributed by atoms with E-state index in [4.69, 9.17) is 32.7 Å². The Morgan fingerprint density at radius 3 is 1.66 bits per heavy atom. The maximum absolute atomic E-state index is 14.5. The second-order valence-corrected chi connectivity index (χ2v) is 18.2. The molecule has 0 radical (unpaired) electrons. The number of hydrogen-bond donors (Lipinski definition) is 4. The summed E-state index contributed by atoms with van der Waals surface area (Å²) in [4.78, 5) is 60.4. The number of fused-ring (bicyclic) bond motifs is 2. The number of aromatic nitrogens is 8. The van der Waals surface area contributed by atoms with Crippen molar-refractivity contribution in [1.29, 1.82) is 0 Å². The van der Waals surface area contributed by atoms with Crippen LogP contribution in [0.25, 0.3) is 44.8 Å². The number of carbonyl (C=O) groups excluding carboxylic acids is 2. The number of carbonyl (C=O) groups is 2. The first-order valence-electron chi connectivity index (χ1n) is 22.8. The van der Waals surface area contributed by atoms with E-state index in [0.717, 1.165) is 60.0 Å². The number of piperidine rings is 2. The van der Waals surface area contributed by atoms with E-state index in [0.29, 0.717) is 94.9 Å². The number of nitrogens with zero attached hydrogens (tertiary/aromatic N) is 8. The number of ether oxygens (including phenoxy) is 2. The lowest BCUT2D eigenvalue weighted by atomic mass is 9.98. The third-order valence-electron chi connectivity index (χ3n) is 12.1. The van der Waals surface area contributed by atoms with Crippen molar-refractivity contribution in [2.24, 2.45) is 11.8 Å². The van der Waals surface area contributed by atoms with E-state index in [2.05, 4.69) is 50.5 Å². The molecular weight excluding hydrogens is 942 g/mol. The molecule has 2 aromatic carbocycles. The number of benzene rings is 2. The molecule has 0 aliphatic carbocycles. The third kappa shape index (κ3) is 11.5. The van der Waals surface area contributed by atoms with Crippen molar-refractivity contribution < 1.29 is 27.8 Å². The Bertz CT molecular complexity index is 3160. The minimum absolute atomic E-state index is 0.110. The van der Waals surface area contributed by atoms with Gasteiger partial charge in [-0.3, -0.25) is 0 Å². The van der Waals surface area contributed by atoms with Gasteiger partial charge in [0.15, 0.2) is 34.9 Å². The van der Waals surface area contributed by atoms with Crippen LogP contribution in [0.3, 0.4) is 0 Å². The van der Waals surface area contributed by atoms with Crippen LogP contribution in [0.1, 0.15) is 36.8 Å². The first kappa shape index (κ1) is 47.6. The first-order valence-corrected chi connectivity index (χ1v) is 23.5. The molecule has 4 N–H and O–H groups in total. The molecule has 0 saturated carbocycles. The van der Waals surface area contributed by atoms with Crippen molar-refractivity contribution in [1.82, 2.24) is 49.7 Å². The predicted molar refractivity (Wildman–Crippen MR) is 264 cm³/mol. The highest BCUT2D eigenvalue weighted by molar-refractivity contribution is 6.31. The molecule has 8 heterocycles. The number of aryl methyl sites for hydroxylation is 2. The number of hydrogen-bond acceptors (Lipinski definition) is 12. The fourth-order valence-electron chi connectivity index (χ4n) is 8.46. The molecule has 6 aromatic heterocycles. The molecule has 70 heavy (non-hydrogen) atoms. The van der Waals surface area contributed by atoms with Gasteiger partial charge in [0.25, 0.3) is 0 Å². The lowest BCUT2D eigenvalue weighted by Crippen LogP contribution is -2.43. The van der Waals surface area contributed by atoms with Gasteiger partial charge in [-0.2, -0.15) is 0 Å². The standard InChI is InChI=1S/2C25H24ClFN6O2/c1-15-4-2-6-18(8-15)35-25(34)33-7-3-5-16(14-33)10-28-24-21(27)13-31-23(32-24)20-12-30-22-19(20)9-17(26)11-29-22;1-15-4-6-18(7-5-15)35-25(34)33-8-2-3-16(14-33)10-28-24-21(27)13-31-23(32-24)20-12-30-22-19(20)9-17(26)11-29-22/h2,4,6,8-9,11-13,16H,3,5,7,10,14H2,1H3,(H,29,30)(H,28,31,32);4-7,9,11-13,16H,2-3,8,10,14H2,1H3,(H,29,30)(H,28,31,32). The molecule has 16 nitrogen and oxygen atoms in total. The molecule has 2 unspecified atom stereocenters. The van der Waals surface area contributed by atoms with Crippen LogP contribution in [0.2, 0.25) is 10.0 Å². The number of rotatable bonds is 10. The van der Waals surface area contributed by atoms with Crippen molar-refractivity contribution in [3.8, 4) is 34.3 Å². The number of aromatic amines is 2. The number of pyridine rings is 2. The largest absolute Gasteiger partial charge is 0.415 e. The summed E-state index contributed by atoms with van der Waals surface area (Å²) in [6.07, 6.45) is 11.6. The molecule has 2 saturated heterocycles. The highest BCUT2D eigenvalue weighted by atomic mass is 35.5. The number of likely N-dealkylation sites (tertiary alicyclic amines) is 2. The Kier molecular flexibility index (Phi) is 14.6. The van der Waals surface area contributed by atoms with E-state index >= 15 is 0 Å². The topological polar surface area (TPSA) is 192 Å². The van der Waals surface area contributed by atoms with Gasteiger partial charge in [0, 0.05) is 86.0 Å². The number of halogens is 4. The molecule has 20 heteroatoms. The lowest BCUT2D eigenvalue weighted by Gasteiger charge is -2.32. The van der Waals surface area contributed by atoms with Crippen LogP contribution in [0.5, 0.6) is 11.5 Å². The number of amides is 2.